The predicted octanol–water partition coefficient (Wildman–Crippen LogP) is 1.41. The van der Waals surface area contributed by atoms with Crippen molar-refractivity contribution in [2.75, 3.05) is 0 Å². The molecule has 2 aromatic rings. The Morgan fingerprint density at radius 3 is 2.00 bits per heavy atom. The van der Waals surface area contributed by atoms with Crippen molar-refractivity contribution < 1.29 is 18.3 Å². The number of carbonyl (C=O) groups is 1. The van der Waals surface area contributed by atoms with Gasteiger partial charge < -0.3 is 10.8 Å². The van der Waals surface area contributed by atoms with E-state index >= 15 is 0 Å². The van der Waals surface area contributed by atoms with Crippen molar-refractivity contribution in [2.45, 2.75) is 21.6 Å². The molecular weight excluding hydrogens is 302 g/mol. The van der Waals surface area contributed by atoms with Gasteiger partial charge in [-0.25, -0.2) is 8.42 Å². The summed E-state index contributed by atoms with van der Waals surface area (Å²) < 4.78 is 25.5. The molecule has 3 atom stereocenters. The zero-order valence-corrected chi connectivity index (χ0v) is 12.4. The van der Waals surface area contributed by atoms with Gasteiger partial charge in [0.2, 0.25) is 0 Å². The van der Waals surface area contributed by atoms with Crippen molar-refractivity contribution in [2.24, 2.45) is 5.73 Å². The molecule has 0 bridgehead atoms. The van der Waals surface area contributed by atoms with Crippen molar-refractivity contribution in [1.29, 1.82) is 0 Å². The van der Waals surface area contributed by atoms with Crippen LogP contribution in [-0.4, -0.2) is 30.3 Å². The first-order valence-electron chi connectivity index (χ1n) is 6.76. The molecule has 1 aliphatic rings. The van der Waals surface area contributed by atoms with E-state index in [1.807, 2.05) is 0 Å². The van der Waals surface area contributed by atoms with Crippen molar-refractivity contribution in [3.63, 3.8) is 0 Å². The molecule has 0 saturated heterocycles. The average molecular weight is 317 g/mol. The Bertz CT molecular complexity index is 805. The summed E-state index contributed by atoms with van der Waals surface area (Å²) in [5.74, 6) is -2.05. The van der Waals surface area contributed by atoms with Crippen molar-refractivity contribution >= 4 is 15.8 Å². The minimum atomic E-state index is -3.82. The van der Waals surface area contributed by atoms with Crippen molar-refractivity contribution in [1.82, 2.24) is 0 Å². The summed E-state index contributed by atoms with van der Waals surface area (Å²) in [7, 11) is -3.82. The van der Waals surface area contributed by atoms with Crippen LogP contribution in [0.15, 0.2) is 65.6 Å². The lowest BCUT2D eigenvalue weighted by Gasteiger charge is -2.06. The topological polar surface area (TPSA) is 97.5 Å². The molecule has 1 aliphatic carbocycles. The molecule has 6 heteroatoms. The fraction of sp³-hybridized carbons (Fsp3) is 0.188. The Morgan fingerprint density at radius 1 is 1.00 bits per heavy atom. The van der Waals surface area contributed by atoms with Gasteiger partial charge in [-0.3, -0.25) is 4.79 Å². The highest BCUT2D eigenvalue weighted by Gasteiger charge is 2.74. The molecule has 0 radical (unpaired) electrons. The van der Waals surface area contributed by atoms with Crippen LogP contribution in [0.5, 0.6) is 0 Å². The first kappa shape index (κ1) is 14.7. The van der Waals surface area contributed by atoms with E-state index in [0.29, 0.717) is 5.56 Å². The quantitative estimate of drug-likeness (QED) is 0.888. The summed E-state index contributed by atoms with van der Waals surface area (Å²) in [6, 6.07) is 16.5. The zero-order valence-electron chi connectivity index (χ0n) is 11.6. The summed E-state index contributed by atoms with van der Waals surface area (Å²) >= 11 is 0. The Labute approximate surface area is 128 Å². The number of carboxylic acid groups (broad SMARTS) is 1. The van der Waals surface area contributed by atoms with Gasteiger partial charge in [0.15, 0.2) is 9.84 Å². The molecule has 3 rings (SSSR count). The second-order valence-corrected chi connectivity index (χ2v) is 7.47. The smallest absolute Gasteiger partial charge is 0.325 e. The Kier molecular flexibility index (Phi) is 3.30. The number of aliphatic carboxylic acids is 1. The standard InChI is InChI=1S/C16H15NO4S/c17-16(15(18)19)13(11-7-3-1-4-8-11)14(16)22(20,21)12-9-5-2-6-10-12/h1-10,13-14H,17H2,(H,18,19)/t13-,14+,16+/m1/s1. The molecule has 22 heavy (non-hydrogen) atoms. The summed E-state index contributed by atoms with van der Waals surface area (Å²) in [6.45, 7) is 0. The van der Waals surface area contributed by atoms with Gasteiger partial charge in [-0.1, -0.05) is 48.5 Å². The lowest BCUT2D eigenvalue weighted by atomic mass is 10.1. The average Bonchev–Trinajstić information content (AvgIpc) is 3.18. The third-order valence-corrected chi connectivity index (χ3v) is 6.37. The second kappa shape index (κ2) is 4.93. The van der Waals surface area contributed by atoms with Crippen LogP contribution in [0.3, 0.4) is 0 Å². The minimum absolute atomic E-state index is 0.0921. The number of nitrogens with two attached hydrogens (primary N) is 1. The second-order valence-electron chi connectivity index (χ2n) is 5.41. The summed E-state index contributed by atoms with van der Waals surface area (Å²) in [4.78, 5) is 11.7. The van der Waals surface area contributed by atoms with E-state index in [4.69, 9.17) is 5.73 Å². The van der Waals surface area contributed by atoms with Crippen molar-refractivity contribution in [3.05, 3.63) is 66.2 Å². The lowest BCUT2D eigenvalue weighted by molar-refractivity contribution is -0.139. The first-order chi connectivity index (χ1) is 10.4. The van der Waals surface area contributed by atoms with E-state index in [-0.39, 0.29) is 4.90 Å². The Balaban J connectivity index is 2.08. The van der Waals surface area contributed by atoms with E-state index < -0.39 is 32.5 Å². The number of benzene rings is 2. The maximum atomic E-state index is 12.8. The number of hydrogen-bond donors (Lipinski definition) is 2. The molecule has 2 aromatic carbocycles. The molecule has 0 aromatic heterocycles. The third-order valence-electron chi connectivity index (χ3n) is 4.11. The Morgan fingerprint density at radius 2 is 1.50 bits per heavy atom. The van der Waals surface area contributed by atoms with Gasteiger partial charge in [-0.15, -0.1) is 0 Å². The molecule has 0 aliphatic heterocycles. The predicted molar refractivity (Wildman–Crippen MR) is 81.2 cm³/mol. The van der Waals surface area contributed by atoms with E-state index in [1.54, 1.807) is 48.5 Å². The van der Waals surface area contributed by atoms with Gasteiger partial charge in [0, 0.05) is 5.92 Å². The van der Waals surface area contributed by atoms with Crippen LogP contribution >= 0.6 is 0 Å². The van der Waals surface area contributed by atoms with E-state index in [1.165, 1.54) is 12.1 Å². The molecule has 1 fully saturated rings. The molecule has 0 heterocycles. The van der Waals surface area contributed by atoms with Gasteiger partial charge in [0.1, 0.15) is 10.8 Å². The first-order valence-corrected chi connectivity index (χ1v) is 8.31. The zero-order chi connectivity index (χ0) is 16.0. The SMILES string of the molecule is N[C@@]1(C(=O)O)[C@H](c2ccccc2)[C@@H]1S(=O)(=O)c1ccccc1. The molecule has 0 amide bonds. The van der Waals surface area contributed by atoms with Crippen LogP contribution in [0.25, 0.3) is 0 Å². The molecule has 5 nitrogen and oxygen atoms in total. The van der Waals surface area contributed by atoms with Crippen molar-refractivity contribution in [3.8, 4) is 0 Å². The van der Waals surface area contributed by atoms with E-state index in [0.717, 1.165) is 0 Å². The van der Waals surface area contributed by atoms with Gasteiger partial charge in [0.05, 0.1) is 4.90 Å². The fourth-order valence-electron chi connectivity index (χ4n) is 2.93. The molecule has 0 unspecified atom stereocenters. The van der Waals surface area contributed by atoms with Crippen LogP contribution in [0.1, 0.15) is 11.5 Å². The summed E-state index contributed by atoms with van der Waals surface area (Å²) in [6.07, 6.45) is 0. The Hall–Kier alpha value is -2.18. The largest absolute Gasteiger partial charge is 0.480 e. The van der Waals surface area contributed by atoms with Crippen LogP contribution in [-0.2, 0) is 14.6 Å². The lowest BCUT2D eigenvalue weighted by Crippen LogP contribution is -2.39. The number of carboxylic acids is 1. The van der Waals surface area contributed by atoms with Gasteiger partial charge in [-0.05, 0) is 17.7 Å². The summed E-state index contributed by atoms with van der Waals surface area (Å²) in [5.41, 5.74) is 4.78. The summed E-state index contributed by atoms with van der Waals surface area (Å²) in [5, 5.41) is 8.27. The third kappa shape index (κ3) is 2.03. The van der Waals surface area contributed by atoms with Gasteiger partial charge in [-0.2, -0.15) is 0 Å². The van der Waals surface area contributed by atoms with Crippen LogP contribution in [0.4, 0.5) is 0 Å². The van der Waals surface area contributed by atoms with Crippen LogP contribution in [0, 0.1) is 0 Å². The maximum absolute atomic E-state index is 12.8. The van der Waals surface area contributed by atoms with Crippen LogP contribution in [0.2, 0.25) is 0 Å². The highest BCUT2D eigenvalue weighted by Crippen LogP contribution is 2.55. The fourth-order valence-corrected chi connectivity index (χ4v) is 5.19. The van der Waals surface area contributed by atoms with Crippen LogP contribution < -0.4 is 5.73 Å². The monoisotopic (exact) mass is 317 g/mol. The number of sulfone groups is 1. The molecule has 114 valence electrons. The number of rotatable bonds is 4. The van der Waals surface area contributed by atoms with Gasteiger partial charge in [0.25, 0.3) is 0 Å². The number of hydrogen-bond acceptors (Lipinski definition) is 4. The maximum Gasteiger partial charge on any atom is 0.325 e. The molecule has 3 N–H and O–H groups in total. The van der Waals surface area contributed by atoms with E-state index in [9.17, 15) is 18.3 Å². The molecule has 0 spiro atoms. The minimum Gasteiger partial charge on any atom is -0.480 e. The highest BCUT2D eigenvalue weighted by molar-refractivity contribution is 7.92. The molecular formula is C16H15NO4S. The molecule has 1 saturated carbocycles. The van der Waals surface area contributed by atoms with E-state index in [2.05, 4.69) is 0 Å². The normalized spacial score (nSPS) is 27.3. The van der Waals surface area contributed by atoms with Gasteiger partial charge >= 0.3 is 5.97 Å². The highest BCUT2D eigenvalue weighted by atomic mass is 32.2.